The summed E-state index contributed by atoms with van der Waals surface area (Å²) in [6, 6.07) is 0.476. The molecule has 1 aromatic rings. The van der Waals surface area contributed by atoms with Gasteiger partial charge in [-0.15, -0.1) is 0 Å². The summed E-state index contributed by atoms with van der Waals surface area (Å²) in [5.74, 6) is 2.71. The highest BCUT2D eigenvalue weighted by atomic mass is 16.4. The van der Waals surface area contributed by atoms with Gasteiger partial charge in [0, 0.05) is 12.5 Å². The molecule has 2 rings (SSSR count). The zero-order valence-corrected chi connectivity index (χ0v) is 11.0. The molecule has 1 saturated carbocycles. The summed E-state index contributed by atoms with van der Waals surface area (Å²) in [4.78, 5) is 4.32. The normalized spacial score (nSPS) is 17.8. The van der Waals surface area contributed by atoms with Crippen LogP contribution in [-0.4, -0.2) is 11.0 Å². The zero-order valence-electron chi connectivity index (χ0n) is 11.0. The Labute approximate surface area is 104 Å². The molecule has 1 N–H and O–H groups in total. The van der Waals surface area contributed by atoms with Crippen molar-refractivity contribution in [3.63, 3.8) is 0 Å². The molecule has 0 aliphatic heterocycles. The van der Waals surface area contributed by atoms with Gasteiger partial charge in [-0.1, -0.05) is 46.0 Å². The standard InChI is InChI=1S/C14H24N2O/c1-11(2)15-10-14-16-9-13(17-14)8-12-6-4-3-5-7-12/h9,11-12,15H,3-8,10H2,1-2H3. The van der Waals surface area contributed by atoms with Gasteiger partial charge in [0.15, 0.2) is 0 Å². The van der Waals surface area contributed by atoms with Gasteiger partial charge in [0.2, 0.25) is 5.89 Å². The number of nitrogens with one attached hydrogen (secondary N) is 1. The van der Waals surface area contributed by atoms with Gasteiger partial charge >= 0.3 is 0 Å². The van der Waals surface area contributed by atoms with E-state index in [-0.39, 0.29) is 0 Å². The van der Waals surface area contributed by atoms with Crippen LogP contribution in [0.2, 0.25) is 0 Å². The lowest BCUT2D eigenvalue weighted by molar-refractivity contribution is 0.326. The minimum atomic E-state index is 0.476. The summed E-state index contributed by atoms with van der Waals surface area (Å²) in [6.45, 7) is 5.00. The molecule has 0 atom stereocenters. The Morgan fingerprint density at radius 2 is 2.12 bits per heavy atom. The monoisotopic (exact) mass is 236 g/mol. The molecule has 1 aromatic heterocycles. The first-order valence-corrected chi connectivity index (χ1v) is 6.91. The van der Waals surface area contributed by atoms with Gasteiger partial charge in [-0.25, -0.2) is 4.98 Å². The Morgan fingerprint density at radius 3 is 2.82 bits per heavy atom. The van der Waals surface area contributed by atoms with Crippen LogP contribution in [0.25, 0.3) is 0 Å². The van der Waals surface area contributed by atoms with Crippen molar-refractivity contribution < 1.29 is 4.42 Å². The number of hydrogen-bond donors (Lipinski definition) is 1. The lowest BCUT2D eigenvalue weighted by Crippen LogP contribution is -2.21. The molecule has 0 spiro atoms. The SMILES string of the molecule is CC(C)NCc1ncc(CC2CCCCC2)o1. The minimum Gasteiger partial charge on any atom is -0.444 e. The predicted octanol–water partition coefficient (Wildman–Crippen LogP) is 3.30. The number of hydrogen-bond acceptors (Lipinski definition) is 3. The second-order valence-electron chi connectivity index (χ2n) is 5.46. The molecule has 1 aliphatic carbocycles. The number of nitrogens with zero attached hydrogens (tertiary/aromatic N) is 1. The third kappa shape index (κ3) is 4.15. The van der Waals surface area contributed by atoms with E-state index in [1.165, 1.54) is 32.1 Å². The van der Waals surface area contributed by atoms with E-state index in [1.807, 2.05) is 6.20 Å². The Bertz CT molecular complexity index is 327. The quantitative estimate of drug-likeness (QED) is 0.852. The second-order valence-corrected chi connectivity index (χ2v) is 5.46. The average molecular weight is 236 g/mol. The molecule has 0 saturated heterocycles. The Balaban J connectivity index is 1.80. The first-order valence-electron chi connectivity index (χ1n) is 6.91. The third-order valence-electron chi connectivity index (χ3n) is 3.48. The van der Waals surface area contributed by atoms with E-state index in [0.29, 0.717) is 6.04 Å². The molecule has 3 nitrogen and oxygen atoms in total. The van der Waals surface area contributed by atoms with Crippen LogP contribution in [0.15, 0.2) is 10.6 Å². The van der Waals surface area contributed by atoms with Crippen molar-refractivity contribution in [1.29, 1.82) is 0 Å². The van der Waals surface area contributed by atoms with Crippen molar-refractivity contribution in [2.24, 2.45) is 5.92 Å². The van der Waals surface area contributed by atoms with Crippen LogP contribution in [0.3, 0.4) is 0 Å². The lowest BCUT2D eigenvalue weighted by Gasteiger charge is -2.19. The van der Waals surface area contributed by atoms with Gasteiger partial charge in [0.25, 0.3) is 0 Å². The molecule has 0 aromatic carbocycles. The van der Waals surface area contributed by atoms with Gasteiger partial charge in [0.05, 0.1) is 12.7 Å². The first kappa shape index (κ1) is 12.6. The smallest absolute Gasteiger partial charge is 0.208 e. The van der Waals surface area contributed by atoms with Gasteiger partial charge in [0.1, 0.15) is 5.76 Å². The molecule has 17 heavy (non-hydrogen) atoms. The number of aromatic nitrogens is 1. The molecule has 1 aliphatic rings. The van der Waals surface area contributed by atoms with E-state index < -0.39 is 0 Å². The van der Waals surface area contributed by atoms with E-state index >= 15 is 0 Å². The fraction of sp³-hybridized carbons (Fsp3) is 0.786. The maximum Gasteiger partial charge on any atom is 0.208 e. The van der Waals surface area contributed by atoms with Crippen molar-refractivity contribution in [2.45, 2.75) is 65.0 Å². The third-order valence-corrected chi connectivity index (χ3v) is 3.48. The van der Waals surface area contributed by atoms with E-state index in [4.69, 9.17) is 4.42 Å². The van der Waals surface area contributed by atoms with Crippen LogP contribution in [-0.2, 0) is 13.0 Å². The Morgan fingerprint density at radius 1 is 1.35 bits per heavy atom. The van der Waals surface area contributed by atoms with Crippen LogP contribution >= 0.6 is 0 Å². The lowest BCUT2D eigenvalue weighted by atomic mass is 9.86. The molecule has 0 radical (unpaired) electrons. The summed E-state index contributed by atoms with van der Waals surface area (Å²) >= 11 is 0. The predicted molar refractivity (Wildman–Crippen MR) is 68.8 cm³/mol. The molecule has 0 bridgehead atoms. The molecule has 3 heteroatoms. The van der Waals surface area contributed by atoms with Crippen LogP contribution < -0.4 is 5.32 Å². The zero-order chi connectivity index (χ0) is 12.1. The van der Waals surface area contributed by atoms with Crippen LogP contribution in [0.1, 0.15) is 57.6 Å². The summed E-state index contributed by atoms with van der Waals surface area (Å²) < 4.78 is 5.76. The van der Waals surface area contributed by atoms with Gasteiger partial charge < -0.3 is 9.73 Å². The molecule has 0 amide bonds. The largest absolute Gasteiger partial charge is 0.444 e. The molecule has 96 valence electrons. The molecule has 1 fully saturated rings. The second kappa shape index (κ2) is 6.20. The maximum absolute atomic E-state index is 5.76. The number of oxazole rings is 1. The van der Waals surface area contributed by atoms with Crippen LogP contribution in [0.5, 0.6) is 0 Å². The van der Waals surface area contributed by atoms with E-state index in [0.717, 1.165) is 30.5 Å². The summed E-state index contributed by atoms with van der Waals surface area (Å²) in [6.07, 6.45) is 9.90. The summed E-state index contributed by atoms with van der Waals surface area (Å²) in [5.41, 5.74) is 0. The van der Waals surface area contributed by atoms with Crippen molar-refractivity contribution in [3.8, 4) is 0 Å². The van der Waals surface area contributed by atoms with E-state index in [9.17, 15) is 0 Å². The minimum absolute atomic E-state index is 0.476. The van der Waals surface area contributed by atoms with Crippen molar-refractivity contribution in [3.05, 3.63) is 17.8 Å². The molecule has 0 unspecified atom stereocenters. The van der Waals surface area contributed by atoms with Gasteiger partial charge in [-0.2, -0.15) is 0 Å². The molecular weight excluding hydrogens is 212 g/mol. The van der Waals surface area contributed by atoms with Crippen molar-refractivity contribution in [1.82, 2.24) is 10.3 Å². The highest BCUT2D eigenvalue weighted by Crippen LogP contribution is 2.26. The Hall–Kier alpha value is -0.830. The fourth-order valence-corrected chi connectivity index (χ4v) is 2.49. The highest BCUT2D eigenvalue weighted by Gasteiger charge is 2.16. The van der Waals surface area contributed by atoms with E-state index in [1.54, 1.807) is 0 Å². The fourth-order valence-electron chi connectivity index (χ4n) is 2.49. The Kier molecular flexibility index (Phi) is 4.60. The van der Waals surface area contributed by atoms with Crippen molar-refractivity contribution in [2.75, 3.05) is 0 Å². The van der Waals surface area contributed by atoms with Gasteiger partial charge in [-0.05, 0) is 5.92 Å². The molecule has 1 heterocycles. The summed E-state index contributed by atoms with van der Waals surface area (Å²) in [7, 11) is 0. The average Bonchev–Trinajstić information content (AvgIpc) is 2.75. The van der Waals surface area contributed by atoms with Crippen LogP contribution in [0, 0.1) is 5.92 Å². The maximum atomic E-state index is 5.76. The summed E-state index contributed by atoms with van der Waals surface area (Å²) in [5, 5.41) is 3.32. The number of rotatable bonds is 5. The highest BCUT2D eigenvalue weighted by molar-refractivity contribution is 4.96. The van der Waals surface area contributed by atoms with Crippen molar-refractivity contribution >= 4 is 0 Å². The van der Waals surface area contributed by atoms with Gasteiger partial charge in [-0.3, -0.25) is 0 Å². The molecular formula is C14H24N2O. The topological polar surface area (TPSA) is 38.1 Å². The van der Waals surface area contributed by atoms with Crippen LogP contribution in [0.4, 0.5) is 0 Å². The van der Waals surface area contributed by atoms with E-state index in [2.05, 4.69) is 24.1 Å². The first-order chi connectivity index (χ1) is 8.24.